The molecule has 2 unspecified atom stereocenters. The van der Waals surface area contributed by atoms with Crippen molar-refractivity contribution in [3.63, 3.8) is 0 Å². The zero-order valence-corrected chi connectivity index (χ0v) is 8.78. The quantitative estimate of drug-likeness (QED) is 0.382. The van der Waals surface area contributed by atoms with E-state index in [0.29, 0.717) is 20.0 Å². The van der Waals surface area contributed by atoms with Gasteiger partial charge in [0.2, 0.25) is 0 Å². The summed E-state index contributed by atoms with van der Waals surface area (Å²) in [5.41, 5.74) is 0. The molecule has 0 fully saturated rings. The summed E-state index contributed by atoms with van der Waals surface area (Å²) in [5.74, 6) is 0. The first-order chi connectivity index (χ1) is 5.13. The van der Waals surface area contributed by atoms with E-state index in [9.17, 15) is 0 Å². The third-order valence-corrected chi connectivity index (χ3v) is 1.18. The van der Waals surface area contributed by atoms with Crippen LogP contribution in [0.2, 0.25) is 0 Å². The summed E-state index contributed by atoms with van der Waals surface area (Å²) in [6.07, 6.45) is 0. The summed E-state index contributed by atoms with van der Waals surface area (Å²) in [4.78, 5) is 0. The van der Waals surface area contributed by atoms with Gasteiger partial charge in [0, 0.05) is 10.5 Å². The van der Waals surface area contributed by atoms with Crippen LogP contribution in [0.1, 0.15) is 13.8 Å². The van der Waals surface area contributed by atoms with Gasteiger partial charge < -0.3 is 9.47 Å². The monoisotopic (exact) mass is 196 g/mol. The lowest BCUT2D eigenvalue weighted by Crippen LogP contribution is -2.11. The molecule has 0 aliphatic carbocycles. The molecule has 2 nitrogen and oxygen atoms in total. The van der Waals surface area contributed by atoms with Gasteiger partial charge in [0.15, 0.2) is 0 Å². The Morgan fingerprint density at radius 2 is 1.36 bits per heavy atom. The van der Waals surface area contributed by atoms with Crippen molar-refractivity contribution in [2.75, 3.05) is 20.0 Å². The highest BCUT2D eigenvalue weighted by atomic mass is 32.1. The summed E-state index contributed by atoms with van der Waals surface area (Å²) >= 11 is 8.29. The van der Waals surface area contributed by atoms with Crippen molar-refractivity contribution >= 4 is 25.3 Å². The van der Waals surface area contributed by atoms with E-state index in [0.717, 1.165) is 0 Å². The summed E-state index contributed by atoms with van der Waals surface area (Å²) in [7, 11) is 0. The molecule has 0 radical (unpaired) electrons. The fraction of sp³-hybridized carbons (Fsp3) is 1.00. The number of hydrogen-bond acceptors (Lipinski definition) is 4. The van der Waals surface area contributed by atoms with Crippen molar-refractivity contribution in [3.05, 3.63) is 0 Å². The molecule has 0 spiro atoms. The van der Waals surface area contributed by atoms with Crippen LogP contribution in [0.4, 0.5) is 0 Å². The van der Waals surface area contributed by atoms with Gasteiger partial charge in [-0.3, -0.25) is 0 Å². The van der Waals surface area contributed by atoms with Gasteiger partial charge in [0.1, 0.15) is 6.79 Å². The molecule has 0 bridgehead atoms. The van der Waals surface area contributed by atoms with E-state index in [1.54, 1.807) is 0 Å². The second-order valence-corrected chi connectivity index (χ2v) is 4.32. The Balaban J connectivity index is 2.91. The molecule has 0 aliphatic rings. The first-order valence-corrected chi connectivity index (χ1v) is 4.68. The molecule has 2 atom stereocenters. The van der Waals surface area contributed by atoms with Gasteiger partial charge in [0.25, 0.3) is 0 Å². The molecule has 0 amide bonds. The second-order valence-electron chi connectivity index (χ2n) is 2.56. The van der Waals surface area contributed by atoms with Gasteiger partial charge in [-0.1, -0.05) is 13.8 Å². The summed E-state index contributed by atoms with van der Waals surface area (Å²) in [5, 5.41) is 0.541. The lowest BCUT2D eigenvalue weighted by molar-refractivity contribution is -0.0507. The van der Waals surface area contributed by atoms with Crippen LogP contribution in [-0.2, 0) is 9.47 Å². The third-order valence-electron chi connectivity index (χ3n) is 0.885. The summed E-state index contributed by atoms with van der Waals surface area (Å²) in [6.45, 7) is 5.55. The Bertz CT molecular complexity index is 76.5. The van der Waals surface area contributed by atoms with E-state index in [1.165, 1.54) is 0 Å². The van der Waals surface area contributed by atoms with Gasteiger partial charge in [-0.25, -0.2) is 0 Å². The van der Waals surface area contributed by atoms with Crippen LogP contribution in [0, 0.1) is 0 Å². The van der Waals surface area contributed by atoms with E-state index >= 15 is 0 Å². The average Bonchev–Trinajstić information content (AvgIpc) is 1.85. The van der Waals surface area contributed by atoms with Crippen LogP contribution in [0.25, 0.3) is 0 Å². The SMILES string of the molecule is CC(S)COCOCC(C)S. The Morgan fingerprint density at radius 3 is 1.64 bits per heavy atom. The lowest BCUT2D eigenvalue weighted by Gasteiger charge is -2.08. The molecule has 0 aromatic rings. The average molecular weight is 196 g/mol. The fourth-order valence-electron chi connectivity index (χ4n) is 0.496. The number of rotatable bonds is 6. The minimum Gasteiger partial charge on any atom is -0.354 e. The topological polar surface area (TPSA) is 18.5 Å². The zero-order valence-electron chi connectivity index (χ0n) is 6.99. The maximum Gasteiger partial charge on any atom is 0.146 e. The zero-order chi connectivity index (χ0) is 8.69. The van der Waals surface area contributed by atoms with E-state index in [-0.39, 0.29) is 10.5 Å². The van der Waals surface area contributed by atoms with Crippen molar-refractivity contribution in [2.45, 2.75) is 24.3 Å². The lowest BCUT2D eigenvalue weighted by atomic mass is 10.5. The van der Waals surface area contributed by atoms with Gasteiger partial charge in [-0.05, 0) is 0 Å². The van der Waals surface area contributed by atoms with Crippen molar-refractivity contribution in [1.29, 1.82) is 0 Å². The smallest absolute Gasteiger partial charge is 0.146 e. The van der Waals surface area contributed by atoms with E-state index < -0.39 is 0 Å². The molecule has 4 heteroatoms. The van der Waals surface area contributed by atoms with Crippen molar-refractivity contribution in [2.24, 2.45) is 0 Å². The number of hydrogen-bond donors (Lipinski definition) is 2. The van der Waals surface area contributed by atoms with Gasteiger partial charge in [0.05, 0.1) is 13.2 Å². The fourth-order valence-corrected chi connectivity index (χ4v) is 0.707. The standard InChI is InChI=1S/C7H16O2S2/c1-6(10)3-8-5-9-4-7(2)11/h6-7,10-11H,3-5H2,1-2H3. The highest BCUT2D eigenvalue weighted by molar-refractivity contribution is 7.81. The molecule has 0 saturated heterocycles. The van der Waals surface area contributed by atoms with Crippen molar-refractivity contribution in [3.8, 4) is 0 Å². The largest absolute Gasteiger partial charge is 0.354 e. The van der Waals surface area contributed by atoms with Gasteiger partial charge >= 0.3 is 0 Å². The number of ether oxygens (including phenoxy) is 2. The van der Waals surface area contributed by atoms with Crippen LogP contribution in [-0.4, -0.2) is 30.5 Å². The molecule has 0 saturated carbocycles. The van der Waals surface area contributed by atoms with Gasteiger partial charge in [-0.2, -0.15) is 25.3 Å². The molecule has 0 aromatic carbocycles. The first kappa shape index (κ1) is 11.6. The Hall–Kier alpha value is 0.620. The summed E-state index contributed by atoms with van der Waals surface area (Å²) in [6, 6.07) is 0. The molecule has 68 valence electrons. The molecular weight excluding hydrogens is 180 g/mol. The molecule has 0 aliphatic heterocycles. The van der Waals surface area contributed by atoms with E-state index in [2.05, 4.69) is 25.3 Å². The van der Waals surface area contributed by atoms with Crippen LogP contribution in [0.5, 0.6) is 0 Å². The maximum atomic E-state index is 5.11. The molecule has 0 rings (SSSR count). The van der Waals surface area contributed by atoms with E-state index in [1.807, 2.05) is 13.8 Å². The minimum absolute atomic E-state index is 0.270. The van der Waals surface area contributed by atoms with Crippen LogP contribution in [0.15, 0.2) is 0 Å². The second kappa shape index (κ2) is 7.28. The highest BCUT2D eigenvalue weighted by Crippen LogP contribution is 1.95. The Labute approximate surface area is 79.5 Å². The first-order valence-electron chi connectivity index (χ1n) is 3.64. The van der Waals surface area contributed by atoms with Crippen LogP contribution >= 0.6 is 25.3 Å². The predicted octanol–water partition coefficient (Wildman–Crippen LogP) is 1.61. The van der Waals surface area contributed by atoms with Crippen molar-refractivity contribution in [1.82, 2.24) is 0 Å². The number of thiol groups is 2. The molecule has 11 heavy (non-hydrogen) atoms. The van der Waals surface area contributed by atoms with Crippen LogP contribution < -0.4 is 0 Å². The predicted molar refractivity (Wildman–Crippen MR) is 53.7 cm³/mol. The molecular formula is C7H16O2S2. The highest BCUT2D eigenvalue weighted by Gasteiger charge is 1.96. The Kier molecular flexibility index (Phi) is 7.69. The Morgan fingerprint density at radius 1 is 1.00 bits per heavy atom. The molecule has 0 N–H and O–H groups in total. The molecule has 0 aromatic heterocycles. The van der Waals surface area contributed by atoms with Crippen LogP contribution in [0.3, 0.4) is 0 Å². The van der Waals surface area contributed by atoms with Gasteiger partial charge in [-0.15, -0.1) is 0 Å². The summed E-state index contributed by atoms with van der Waals surface area (Å²) < 4.78 is 10.2. The van der Waals surface area contributed by atoms with Crippen molar-refractivity contribution < 1.29 is 9.47 Å². The maximum absolute atomic E-state index is 5.11. The minimum atomic E-state index is 0.270. The normalized spacial score (nSPS) is 16.4. The molecule has 0 heterocycles. The third kappa shape index (κ3) is 10.6. The van der Waals surface area contributed by atoms with E-state index in [4.69, 9.17) is 9.47 Å².